The lowest BCUT2D eigenvalue weighted by Crippen LogP contribution is -2.53. The zero-order valence-corrected chi connectivity index (χ0v) is 21.6. The monoisotopic (exact) mass is 489 g/mol. The molecule has 34 heavy (non-hydrogen) atoms. The molecule has 0 saturated carbocycles. The van der Waals surface area contributed by atoms with E-state index in [0.29, 0.717) is 18.8 Å². The summed E-state index contributed by atoms with van der Waals surface area (Å²) in [5.74, 6) is 0.223. The molecule has 0 fully saturated rings. The standard InChI is InChI=1S/C26H36FN3O3S/c1-6-18(2)15-29(25(32)28-26(3,4)5)16-24(31)30-12-10-23-21(11-13-34-23)22(30)17-33-20-9-7-8-19(27)14-20/h7-9,11,13-14,18,22H,6,10,12,15-17H2,1-5H3,(H,28,32)/t18-,22+/m1/s1. The maximum absolute atomic E-state index is 13.6. The Hall–Kier alpha value is -2.61. The van der Waals surface area contributed by atoms with Crippen LogP contribution in [0.3, 0.4) is 0 Å². The Balaban J connectivity index is 1.78. The Morgan fingerprint density at radius 2 is 2.09 bits per heavy atom. The average Bonchev–Trinajstić information content (AvgIpc) is 3.24. The van der Waals surface area contributed by atoms with Gasteiger partial charge in [0, 0.05) is 29.6 Å². The van der Waals surface area contributed by atoms with Crippen LogP contribution in [0.15, 0.2) is 35.7 Å². The first-order valence-electron chi connectivity index (χ1n) is 11.9. The number of halogens is 1. The third-order valence-corrected chi connectivity index (χ3v) is 6.94. The van der Waals surface area contributed by atoms with E-state index in [-0.39, 0.29) is 42.9 Å². The van der Waals surface area contributed by atoms with Crippen LogP contribution >= 0.6 is 11.3 Å². The van der Waals surface area contributed by atoms with Crippen molar-refractivity contribution < 1.29 is 18.7 Å². The predicted octanol–water partition coefficient (Wildman–Crippen LogP) is 5.25. The summed E-state index contributed by atoms with van der Waals surface area (Å²) in [6.45, 7) is 11.2. The van der Waals surface area contributed by atoms with E-state index >= 15 is 0 Å². The molecule has 2 heterocycles. The molecule has 1 aliphatic heterocycles. The van der Waals surface area contributed by atoms with Gasteiger partial charge in [0.15, 0.2) is 0 Å². The van der Waals surface area contributed by atoms with Gasteiger partial charge in [0.05, 0.1) is 6.04 Å². The number of thiophene rings is 1. The van der Waals surface area contributed by atoms with Crippen molar-refractivity contribution in [2.24, 2.45) is 5.92 Å². The summed E-state index contributed by atoms with van der Waals surface area (Å²) in [5, 5.41) is 5.02. The molecule has 1 N–H and O–H groups in total. The molecule has 2 atom stereocenters. The highest BCUT2D eigenvalue weighted by atomic mass is 32.1. The minimum Gasteiger partial charge on any atom is -0.491 e. The van der Waals surface area contributed by atoms with Gasteiger partial charge in [-0.1, -0.05) is 26.3 Å². The topological polar surface area (TPSA) is 61.9 Å². The molecule has 0 aliphatic carbocycles. The van der Waals surface area contributed by atoms with Gasteiger partial charge in [0.25, 0.3) is 0 Å². The molecule has 2 aromatic rings. The van der Waals surface area contributed by atoms with Crippen LogP contribution in [-0.4, -0.2) is 53.5 Å². The van der Waals surface area contributed by atoms with E-state index in [1.165, 1.54) is 17.0 Å². The van der Waals surface area contributed by atoms with Gasteiger partial charge < -0.3 is 19.9 Å². The molecule has 0 unspecified atom stereocenters. The number of benzene rings is 1. The highest BCUT2D eigenvalue weighted by molar-refractivity contribution is 7.10. The SMILES string of the molecule is CC[C@@H](C)CN(CC(=O)N1CCc2sccc2[C@@H]1COc1cccc(F)c1)C(=O)NC(C)(C)C. The van der Waals surface area contributed by atoms with E-state index in [0.717, 1.165) is 18.4 Å². The largest absolute Gasteiger partial charge is 0.491 e. The van der Waals surface area contributed by atoms with E-state index in [1.54, 1.807) is 28.4 Å². The van der Waals surface area contributed by atoms with Crippen LogP contribution in [0.4, 0.5) is 9.18 Å². The van der Waals surface area contributed by atoms with Gasteiger partial charge >= 0.3 is 6.03 Å². The number of hydrogen-bond donors (Lipinski definition) is 1. The second kappa shape index (κ2) is 11.2. The van der Waals surface area contributed by atoms with E-state index in [1.807, 2.05) is 37.1 Å². The van der Waals surface area contributed by atoms with Gasteiger partial charge in [-0.15, -0.1) is 11.3 Å². The fourth-order valence-electron chi connectivity index (χ4n) is 3.99. The zero-order valence-electron chi connectivity index (χ0n) is 20.8. The first-order valence-corrected chi connectivity index (χ1v) is 12.8. The van der Waals surface area contributed by atoms with Crippen LogP contribution in [0.2, 0.25) is 0 Å². The first kappa shape index (κ1) is 26.0. The van der Waals surface area contributed by atoms with Crippen LogP contribution in [0.5, 0.6) is 5.75 Å². The zero-order chi connectivity index (χ0) is 24.9. The average molecular weight is 490 g/mol. The van der Waals surface area contributed by atoms with E-state index < -0.39 is 5.54 Å². The molecule has 0 saturated heterocycles. The molecule has 0 radical (unpaired) electrons. The number of ether oxygens (including phenoxy) is 1. The van der Waals surface area contributed by atoms with Crippen molar-refractivity contribution in [1.82, 2.24) is 15.1 Å². The molecular formula is C26H36FN3O3S. The second-order valence-electron chi connectivity index (χ2n) is 9.99. The lowest BCUT2D eigenvalue weighted by Gasteiger charge is -2.37. The molecular weight excluding hydrogens is 453 g/mol. The van der Waals surface area contributed by atoms with Gasteiger partial charge in [0.1, 0.15) is 24.7 Å². The van der Waals surface area contributed by atoms with Gasteiger partial charge in [-0.3, -0.25) is 4.79 Å². The lowest BCUT2D eigenvalue weighted by molar-refractivity contribution is -0.135. The van der Waals surface area contributed by atoms with Crippen LogP contribution < -0.4 is 10.1 Å². The number of urea groups is 1. The Bertz CT molecular complexity index is 988. The van der Waals surface area contributed by atoms with Crippen LogP contribution in [0, 0.1) is 11.7 Å². The summed E-state index contributed by atoms with van der Waals surface area (Å²) in [6.07, 6.45) is 1.69. The second-order valence-corrected chi connectivity index (χ2v) is 11.0. The minimum absolute atomic E-state index is 0.00217. The van der Waals surface area contributed by atoms with Crippen molar-refractivity contribution in [1.29, 1.82) is 0 Å². The number of hydrogen-bond acceptors (Lipinski definition) is 4. The smallest absolute Gasteiger partial charge is 0.318 e. The predicted molar refractivity (Wildman–Crippen MR) is 134 cm³/mol. The number of fused-ring (bicyclic) bond motifs is 1. The van der Waals surface area contributed by atoms with E-state index in [4.69, 9.17) is 4.74 Å². The normalized spacial score (nSPS) is 16.5. The van der Waals surface area contributed by atoms with Crippen LogP contribution in [0.25, 0.3) is 0 Å². The number of carbonyl (C=O) groups is 2. The van der Waals surface area contributed by atoms with E-state index in [9.17, 15) is 14.0 Å². The summed E-state index contributed by atoms with van der Waals surface area (Å²) < 4.78 is 19.5. The molecule has 1 aromatic carbocycles. The number of nitrogens with one attached hydrogen (secondary N) is 1. The van der Waals surface area contributed by atoms with Crippen LogP contribution in [-0.2, 0) is 11.2 Å². The molecule has 1 aromatic heterocycles. The fourth-order valence-corrected chi connectivity index (χ4v) is 4.91. The number of carbonyl (C=O) groups excluding carboxylic acids is 2. The molecule has 0 bridgehead atoms. The maximum atomic E-state index is 13.6. The molecule has 3 amide bonds. The highest BCUT2D eigenvalue weighted by Gasteiger charge is 2.34. The lowest BCUT2D eigenvalue weighted by atomic mass is 10.00. The van der Waals surface area contributed by atoms with Gasteiger partial charge in [0.2, 0.25) is 5.91 Å². The fraction of sp³-hybridized carbons (Fsp3) is 0.538. The molecule has 3 rings (SSSR count). The summed E-state index contributed by atoms with van der Waals surface area (Å²) in [6, 6.07) is 7.53. The third-order valence-electron chi connectivity index (χ3n) is 5.94. The van der Waals surface area contributed by atoms with Crippen molar-refractivity contribution in [3.8, 4) is 5.75 Å². The summed E-state index contributed by atoms with van der Waals surface area (Å²) in [7, 11) is 0. The summed E-state index contributed by atoms with van der Waals surface area (Å²) in [5.41, 5.74) is 0.667. The van der Waals surface area contributed by atoms with Crippen molar-refractivity contribution in [2.45, 2.75) is 59.0 Å². The highest BCUT2D eigenvalue weighted by Crippen LogP contribution is 2.34. The van der Waals surface area contributed by atoms with Crippen molar-refractivity contribution >= 4 is 23.3 Å². The van der Waals surface area contributed by atoms with Gasteiger partial charge in [-0.2, -0.15) is 0 Å². The Kier molecular flexibility index (Phi) is 8.57. The molecule has 1 aliphatic rings. The van der Waals surface area contributed by atoms with Gasteiger partial charge in [-0.05, 0) is 62.3 Å². The maximum Gasteiger partial charge on any atom is 0.318 e. The van der Waals surface area contributed by atoms with Crippen LogP contribution in [0.1, 0.15) is 57.5 Å². The molecule has 6 nitrogen and oxygen atoms in total. The Labute approximate surface area is 206 Å². The molecule has 186 valence electrons. The van der Waals surface area contributed by atoms with Crippen molar-refractivity contribution in [3.05, 3.63) is 52.0 Å². The number of nitrogens with zero attached hydrogens (tertiary/aromatic N) is 2. The quantitative estimate of drug-likeness (QED) is 0.551. The molecule has 0 spiro atoms. The third kappa shape index (κ3) is 6.95. The summed E-state index contributed by atoms with van der Waals surface area (Å²) in [4.78, 5) is 31.2. The molecule has 8 heteroatoms. The minimum atomic E-state index is -0.397. The first-order chi connectivity index (χ1) is 16.1. The number of amides is 3. The number of rotatable bonds is 8. The Morgan fingerprint density at radius 3 is 2.76 bits per heavy atom. The van der Waals surface area contributed by atoms with Crippen molar-refractivity contribution in [2.75, 3.05) is 26.2 Å². The van der Waals surface area contributed by atoms with Crippen molar-refractivity contribution in [3.63, 3.8) is 0 Å². The Morgan fingerprint density at radius 1 is 1.32 bits per heavy atom. The summed E-state index contributed by atoms with van der Waals surface area (Å²) >= 11 is 1.68. The van der Waals surface area contributed by atoms with E-state index in [2.05, 4.69) is 19.2 Å². The van der Waals surface area contributed by atoms with Gasteiger partial charge in [-0.25, -0.2) is 9.18 Å².